The lowest BCUT2D eigenvalue weighted by Crippen LogP contribution is -2.49. The first kappa shape index (κ1) is 22.6. The molecule has 3 aromatic heterocycles. The third-order valence-electron chi connectivity index (χ3n) is 8.75. The van der Waals surface area contributed by atoms with E-state index in [1.165, 1.54) is 72.1 Å². The number of aryl methyl sites for hydroxylation is 2. The molecule has 0 spiro atoms. The summed E-state index contributed by atoms with van der Waals surface area (Å²) in [5.41, 5.74) is 1.60. The molecule has 35 heavy (non-hydrogen) atoms. The van der Waals surface area contributed by atoms with E-state index in [1.807, 2.05) is 18.3 Å². The van der Waals surface area contributed by atoms with E-state index in [2.05, 4.69) is 22.4 Å². The van der Waals surface area contributed by atoms with Gasteiger partial charge in [-0.05, 0) is 93.9 Å². The van der Waals surface area contributed by atoms with Gasteiger partial charge in [0.05, 0.1) is 5.75 Å². The highest BCUT2D eigenvalue weighted by Crippen LogP contribution is 2.60. The molecule has 184 valence electrons. The predicted molar refractivity (Wildman–Crippen MR) is 142 cm³/mol. The topological polar surface area (TPSA) is 80.7 Å². The molecule has 5 aliphatic rings. The standard InChI is InChI=1S/C26H31N5OS3/c1-13-3-4-18-19(5-13)35-23-21(18)22(33-12-20(32)27-25-31-30-14(2)34-25)28-24(29-23)26-9-15-6-16(10-26)8-17(7-15)11-26/h13,15-17H,3-12H2,1-2H3,(H,27,31,32)/t13-,15?,16?,17?,26?/m1/s1. The lowest BCUT2D eigenvalue weighted by atomic mass is 9.49. The molecule has 3 aromatic rings. The Morgan fingerprint density at radius 2 is 1.83 bits per heavy atom. The minimum absolute atomic E-state index is 0.0491. The van der Waals surface area contributed by atoms with Crippen LogP contribution in [-0.4, -0.2) is 31.8 Å². The van der Waals surface area contributed by atoms with E-state index in [1.54, 1.807) is 11.8 Å². The Morgan fingerprint density at radius 3 is 2.51 bits per heavy atom. The molecule has 1 atom stereocenters. The summed E-state index contributed by atoms with van der Waals surface area (Å²) in [6, 6.07) is 0. The first-order valence-corrected chi connectivity index (χ1v) is 15.6. The van der Waals surface area contributed by atoms with Gasteiger partial charge in [-0.1, -0.05) is 30.0 Å². The summed E-state index contributed by atoms with van der Waals surface area (Å²) >= 11 is 4.88. The molecule has 1 N–H and O–H groups in total. The number of hydrogen-bond donors (Lipinski definition) is 1. The summed E-state index contributed by atoms with van der Waals surface area (Å²) in [6.07, 6.45) is 11.5. The van der Waals surface area contributed by atoms with Crippen LogP contribution in [0.2, 0.25) is 0 Å². The van der Waals surface area contributed by atoms with Crippen molar-refractivity contribution >= 4 is 55.7 Å². The Labute approximate surface area is 218 Å². The van der Waals surface area contributed by atoms with E-state index in [4.69, 9.17) is 9.97 Å². The van der Waals surface area contributed by atoms with E-state index in [-0.39, 0.29) is 11.3 Å². The zero-order chi connectivity index (χ0) is 23.7. The van der Waals surface area contributed by atoms with Gasteiger partial charge in [0.1, 0.15) is 20.7 Å². The Hall–Kier alpha value is -1.58. The number of thiophene rings is 1. The van der Waals surface area contributed by atoms with Gasteiger partial charge in [0, 0.05) is 15.7 Å². The Morgan fingerprint density at radius 1 is 1.09 bits per heavy atom. The van der Waals surface area contributed by atoms with Crippen molar-refractivity contribution in [2.75, 3.05) is 11.1 Å². The SMILES string of the molecule is Cc1nnc(NC(=O)CSc2nc(C34CC5CC(CC(C5)C3)C4)nc3sc4c(c23)CC[C@@H](C)C4)s1. The van der Waals surface area contributed by atoms with Gasteiger partial charge in [-0.3, -0.25) is 10.1 Å². The number of aromatic nitrogens is 4. The highest BCUT2D eigenvalue weighted by Gasteiger charge is 2.53. The first-order valence-electron chi connectivity index (χ1n) is 13.0. The number of nitrogens with zero attached hydrogens (tertiary/aromatic N) is 4. The molecule has 4 saturated carbocycles. The number of nitrogens with one attached hydrogen (secondary N) is 1. The molecule has 3 heterocycles. The number of fused-ring (bicyclic) bond motifs is 3. The molecule has 5 aliphatic carbocycles. The van der Waals surface area contributed by atoms with Crippen LogP contribution in [-0.2, 0) is 23.1 Å². The fraction of sp³-hybridized carbons (Fsp3) is 0.654. The third kappa shape index (κ3) is 4.02. The van der Waals surface area contributed by atoms with Gasteiger partial charge in [-0.25, -0.2) is 9.97 Å². The maximum Gasteiger partial charge on any atom is 0.236 e. The summed E-state index contributed by atoms with van der Waals surface area (Å²) in [5.74, 6) is 4.65. The smallest absolute Gasteiger partial charge is 0.236 e. The van der Waals surface area contributed by atoms with E-state index < -0.39 is 0 Å². The molecular weight excluding hydrogens is 495 g/mol. The van der Waals surface area contributed by atoms with E-state index in [0.717, 1.165) is 57.2 Å². The van der Waals surface area contributed by atoms with Crippen molar-refractivity contribution in [3.05, 3.63) is 21.3 Å². The summed E-state index contributed by atoms with van der Waals surface area (Å²) < 4.78 is 0. The maximum atomic E-state index is 12.8. The molecule has 0 aliphatic heterocycles. The minimum Gasteiger partial charge on any atom is -0.300 e. The summed E-state index contributed by atoms with van der Waals surface area (Å²) in [7, 11) is 0. The lowest BCUT2D eigenvalue weighted by Gasteiger charge is -2.56. The van der Waals surface area contributed by atoms with Crippen molar-refractivity contribution in [2.45, 2.75) is 82.1 Å². The van der Waals surface area contributed by atoms with Crippen molar-refractivity contribution in [1.29, 1.82) is 0 Å². The van der Waals surface area contributed by atoms with Crippen LogP contribution in [0, 0.1) is 30.6 Å². The number of hydrogen-bond acceptors (Lipinski definition) is 8. The number of thioether (sulfide) groups is 1. The Balaban J connectivity index is 1.25. The monoisotopic (exact) mass is 525 g/mol. The first-order chi connectivity index (χ1) is 16.9. The molecular formula is C26H31N5OS3. The second kappa shape index (κ2) is 8.48. The van der Waals surface area contributed by atoms with Gasteiger partial charge in [0.15, 0.2) is 0 Å². The second-order valence-electron chi connectivity index (χ2n) is 11.5. The van der Waals surface area contributed by atoms with Gasteiger partial charge >= 0.3 is 0 Å². The molecule has 9 heteroatoms. The van der Waals surface area contributed by atoms with Crippen LogP contribution in [0.4, 0.5) is 5.13 Å². The van der Waals surface area contributed by atoms with Crippen molar-refractivity contribution in [3.63, 3.8) is 0 Å². The zero-order valence-electron chi connectivity index (χ0n) is 20.3. The fourth-order valence-corrected chi connectivity index (χ4v) is 10.6. The van der Waals surface area contributed by atoms with Crippen LogP contribution in [0.5, 0.6) is 0 Å². The summed E-state index contributed by atoms with van der Waals surface area (Å²) in [4.78, 5) is 26.1. The zero-order valence-corrected chi connectivity index (χ0v) is 22.8. The molecule has 4 bridgehead atoms. The van der Waals surface area contributed by atoms with Crippen molar-refractivity contribution in [2.24, 2.45) is 23.7 Å². The van der Waals surface area contributed by atoms with E-state index in [0.29, 0.717) is 10.9 Å². The predicted octanol–water partition coefficient (Wildman–Crippen LogP) is 6.17. The molecule has 0 radical (unpaired) electrons. The van der Waals surface area contributed by atoms with Gasteiger partial charge in [0.25, 0.3) is 0 Å². The van der Waals surface area contributed by atoms with Gasteiger partial charge in [0.2, 0.25) is 11.0 Å². The number of carbonyl (C=O) groups excluding carboxylic acids is 1. The number of amides is 1. The van der Waals surface area contributed by atoms with Gasteiger partial charge < -0.3 is 0 Å². The summed E-state index contributed by atoms with van der Waals surface area (Å²) in [6.45, 7) is 4.25. The van der Waals surface area contributed by atoms with Crippen LogP contribution < -0.4 is 5.32 Å². The average Bonchev–Trinajstić information content (AvgIpc) is 3.38. The highest BCUT2D eigenvalue weighted by molar-refractivity contribution is 8.00. The molecule has 6 nitrogen and oxygen atoms in total. The van der Waals surface area contributed by atoms with Crippen molar-refractivity contribution in [1.82, 2.24) is 20.2 Å². The minimum atomic E-state index is -0.0491. The Bertz CT molecular complexity index is 1280. The van der Waals surface area contributed by atoms with Crippen LogP contribution in [0.3, 0.4) is 0 Å². The number of rotatable bonds is 5. The molecule has 1 amide bonds. The number of anilines is 1. The molecule has 4 fully saturated rings. The normalized spacial score (nSPS) is 31.1. The maximum absolute atomic E-state index is 12.8. The second-order valence-corrected chi connectivity index (χ2v) is 14.8. The van der Waals surface area contributed by atoms with Crippen LogP contribution in [0.25, 0.3) is 10.2 Å². The van der Waals surface area contributed by atoms with E-state index in [9.17, 15) is 4.79 Å². The molecule has 0 saturated heterocycles. The fourth-order valence-electron chi connectivity index (χ4n) is 7.67. The van der Waals surface area contributed by atoms with E-state index >= 15 is 0 Å². The lowest BCUT2D eigenvalue weighted by molar-refractivity contribution is -0.113. The molecule has 0 aromatic carbocycles. The van der Waals surface area contributed by atoms with Crippen LogP contribution >= 0.6 is 34.4 Å². The van der Waals surface area contributed by atoms with Gasteiger partial charge in [-0.15, -0.1) is 21.5 Å². The largest absolute Gasteiger partial charge is 0.300 e. The van der Waals surface area contributed by atoms with Crippen LogP contribution in [0.15, 0.2) is 5.03 Å². The Kier molecular flexibility index (Phi) is 5.48. The molecule has 8 rings (SSSR count). The van der Waals surface area contributed by atoms with Crippen molar-refractivity contribution in [3.8, 4) is 0 Å². The van der Waals surface area contributed by atoms with Gasteiger partial charge in [-0.2, -0.15) is 0 Å². The van der Waals surface area contributed by atoms with Crippen LogP contribution in [0.1, 0.15) is 73.1 Å². The third-order valence-corrected chi connectivity index (χ3v) is 11.6. The molecule has 0 unspecified atom stereocenters. The number of carbonyl (C=O) groups is 1. The quantitative estimate of drug-likeness (QED) is 0.317. The summed E-state index contributed by atoms with van der Waals surface area (Å²) in [5, 5.41) is 14.6. The van der Waals surface area contributed by atoms with Crippen molar-refractivity contribution < 1.29 is 4.79 Å². The average molecular weight is 526 g/mol. The highest BCUT2D eigenvalue weighted by atomic mass is 32.2.